The maximum absolute atomic E-state index is 13.0. The van der Waals surface area contributed by atoms with E-state index < -0.39 is 5.97 Å². The van der Waals surface area contributed by atoms with E-state index in [2.05, 4.69) is 24.8 Å². The van der Waals surface area contributed by atoms with Crippen molar-refractivity contribution in [2.75, 3.05) is 33.3 Å². The molecule has 3 aliphatic rings. The molecule has 0 spiro atoms. The van der Waals surface area contributed by atoms with Gasteiger partial charge in [0.1, 0.15) is 0 Å². The number of esters is 1. The maximum Gasteiger partial charge on any atom is 0.360 e. The van der Waals surface area contributed by atoms with Gasteiger partial charge in [0.15, 0.2) is 5.69 Å². The summed E-state index contributed by atoms with van der Waals surface area (Å²) < 4.78 is 6.41. The van der Waals surface area contributed by atoms with Gasteiger partial charge in [-0.1, -0.05) is 18.1 Å². The molecule has 1 aliphatic carbocycles. The van der Waals surface area contributed by atoms with Crippen molar-refractivity contribution in [1.29, 1.82) is 0 Å². The fourth-order valence-corrected chi connectivity index (χ4v) is 5.04. The van der Waals surface area contributed by atoms with Gasteiger partial charge in [0.25, 0.3) is 0 Å². The normalized spacial score (nSPS) is 28.8. The number of rotatable bonds is 4. The smallest absolute Gasteiger partial charge is 0.360 e. The Morgan fingerprint density at radius 2 is 1.96 bits per heavy atom. The Labute approximate surface area is 159 Å². The zero-order valence-corrected chi connectivity index (χ0v) is 16.0. The standard InChI is InChI=1S/C19H29N5O3/c1-27-19(26)16-12-24(21-20-16)15-8-10-22(11-15)13-18(25)23-9-4-6-14-5-2-3-7-17(14)23/h12,14-15,17H,2-11,13H2,1H3/t14-,15-,17-/m1/s1. The molecule has 8 nitrogen and oxygen atoms in total. The van der Waals surface area contributed by atoms with Crippen molar-refractivity contribution < 1.29 is 14.3 Å². The van der Waals surface area contributed by atoms with Crippen LogP contribution in [-0.4, -0.2) is 76.0 Å². The molecule has 1 amide bonds. The predicted molar refractivity (Wildman–Crippen MR) is 98.1 cm³/mol. The Balaban J connectivity index is 1.33. The Morgan fingerprint density at radius 3 is 2.81 bits per heavy atom. The third-order valence-electron chi connectivity index (χ3n) is 6.45. The van der Waals surface area contributed by atoms with E-state index in [1.165, 1.54) is 39.2 Å². The number of hydrogen-bond acceptors (Lipinski definition) is 6. The molecule has 0 N–H and O–H groups in total. The summed E-state index contributed by atoms with van der Waals surface area (Å²) in [6.07, 6.45) is 10.0. The molecule has 148 valence electrons. The van der Waals surface area contributed by atoms with Gasteiger partial charge in [-0.05, 0) is 38.0 Å². The molecule has 1 saturated carbocycles. The molecule has 0 unspecified atom stereocenters. The quantitative estimate of drug-likeness (QED) is 0.742. The number of amides is 1. The summed E-state index contributed by atoms with van der Waals surface area (Å²) in [4.78, 5) is 28.9. The SMILES string of the molecule is COC(=O)c1cn([C@@H]2CCN(CC(=O)N3CCC[C@H]4CCCC[C@H]43)C2)nn1. The van der Waals surface area contributed by atoms with Gasteiger partial charge in [-0.25, -0.2) is 9.48 Å². The Morgan fingerprint density at radius 1 is 1.15 bits per heavy atom. The van der Waals surface area contributed by atoms with Crippen molar-refractivity contribution in [1.82, 2.24) is 24.8 Å². The second-order valence-corrected chi connectivity index (χ2v) is 8.09. The highest BCUT2D eigenvalue weighted by Gasteiger charge is 2.36. The summed E-state index contributed by atoms with van der Waals surface area (Å²) >= 11 is 0. The van der Waals surface area contributed by atoms with E-state index in [1.807, 2.05) is 0 Å². The average Bonchev–Trinajstić information content (AvgIpc) is 3.36. The summed E-state index contributed by atoms with van der Waals surface area (Å²) in [6, 6.07) is 0.615. The Kier molecular flexibility index (Phi) is 5.43. The van der Waals surface area contributed by atoms with Crippen molar-refractivity contribution in [3.63, 3.8) is 0 Å². The number of carbonyl (C=O) groups excluding carboxylic acids is 2. The van der Waals surface area contributed by atoms with Gasteiger partial charge in [-0.3, -0.25) is 9.69 Å². The van der Waals surface area contributed by atoms with Crippen LogP contribution in [0.4, 0.5) is 0 Å². The summed E-state index contributed by atoms with van der Waals surface area (Å²) in [7, 11) is 1.34. The van der Waals surface area contributed by atoms with Crippen LogP contribution in [0.2, 0.25) is 0 Å². The number of carbonyl (C=O) groups is 2. The Bertz CT molecular complexity index is 689. The topological polar surface area (TPSA) is 80.6 Å². The lowest BCUT2D eigenvalue weighted by Crippen LogP contribution is -2.52. The van der Waals surface area contributed by atoms with Crippen LogP contribution in [0.3, 0.4) is 0 Å². The molecular weight excluding hydrogens is 346 g/mol. The van der Waals surface area contributed by atoms with Gasteiger partial charge >= 0.3 is 5.97 Å². The molecule has 0 aromatic carbocycles. The first-order valence-corrected chi connectivity index (χ1v) is 10.2. The first-order valence-electron chi connectivity index (χ1n) is 10.2. The lowest BCUT2D eigenvalue weighted by molar-refractivity contribution is -0.138. The molecule has 3 heterocycles. The van der Waals surface area contributed by atoms with Crippen molar-refractivity contribution in [2.45, 2.75) is 57.0 Å². The number of piperidine rings is 1. The minimum atomic E-state index is -0.474. The van der Waals surface area contributed by atoms with Crippen LogP contribution < -0.4 is 0 Å². The highest BCUT2D eigenvalue weighted by molar-refractivity contribution is 5.86. The largest absolute Gasteiger partial charge is 0.464 e. The zero-order chi connectivity index (χ0) is 18.8. The number of methoxy groups -OCH3 is 1. The first kappa shape index (κ1) is 18.4. The van der Waals surface area contributed by atoms with E-state index in [0.717, 1.165) is 38.4 Å². The first-order chi connectivity index (χ1) is 13.2. The summed E-state index contributed by atoms with van der Waals surface area (Å²) in [5, 5.41) is 7.95. The second-order valence-electron chi connectivity index (χ2n) is 8.09. The van der Waals surface area contributed by atoms with E-state index in [-0.39, 0.29) is 17.6 Å². The highest BCUT2D eigenvalue weighted by atomic mass is 16.5. The molecule has 1 aromatic rings. The van der Waals surface area contributed by atoms with E-state index in [0.29, 0.717) is 12.6 Å². The molecule has 4 rings (SSSR count). The number of fused-ring (bicyclic) bond motifs is 1. The van der Waals surface area contributed by atoms with Gasteiger partial charge in [0, 0.05) is 25.7 Å². The third kappa shape index (κ3) is 3.85. The average molecular weight is 375 g/mol. The molecule has 8 heteroatoms. The van der Waals surface area contributed by atoms with Crippen LogP contribution in [0.25, 0.3) is 0 Å². The molecule has 2 saturated heterocycles. The highest BCUT2D eigenvalue weighted by Crippen LogP contribution is 2.35. The van der Waals surface area contributed by atoms with Crippen LogP contribution >= 0.6 is 0 Å². The van der Waals surface area contributed by atoms with Gasteiger partial charge in [0.05, 0.1) is 25.9 Å². The van der Waals surface area contributed by atoms with Gasteiger partial charge in [-0.2, -0.15) is 0 Å². The minimum Gasteiger partial charge on any atom is -0.464 e. The number of aromatic nitrogens is 3. The van der Waals surface area contributed by atoms with Crippen molar-refractivity contribution in [3.05, 3.63) is 11.9 Å². The van der Waals surface area contributed by atoms with Crippen LogP contribution in [0.15, 0.2) is 6.20 Å². The maximum atomic E-state index is 13.0. The summed E-state index contributed by atoms with van der Waals surface area (Å²) in [5.41, 5.74) is 0.226. The number of hydrogen-bond donors (Lipinski definition) is 0. The van der Waals surface area contributed by atoms with Crippen molar-refractivity contribution in [3.8, 4) is 0 Å². The molecule has 2 aliphatic heterocycles. The van der Waals surface area contributed by atoms with E-state index in [4.69, 9.17) is 0 Å². The second kappa shape index (κ2) is 7.96. The minimum absolute atomic E-state index is 0.146. The van der Waals surface area contributed by atoms with E-state index >= 15 is 0 Å². The van der Waals surface area contributed by atoms with Crippen LogP contribution in [0, 0.1) is 5.92 Å². The third-order valence-corrected chi connectivity index (χ3v) is 6.45. The molecule has 0 bridgehead atoms. The van der Waals surface area contributed by atoms with Gasteiger partial charge in [-0.15, -0.1) is 5.10 Å². The van der Waals surface area contributed by atoms with Gasteiger partial charge in [0.2, 0.25) is 5.91 Å². The fourth-order valence-electron chi connectivity index (χ4n) is 5.04. The number of nitrogens with zero attached hydrogens (tertiary/aromatic N) is 5. The van der Waals surface area contributed by atoms with E-state index in [9.17, 15) is 9.59 Å². The van der Waals surface area contributed by atoms with E-state index in [1.54, 1.807) is 10.9 Å². The molecule has 27 heavy (non-hydrogen) atoms. The lowest BCUT2D eigenvalue weighted by atomic mass is 9.78. The molecule has 0 radical (unpaired) electrons. The number of ether oxygens (including phenoxy) is 1. The van der Waals surface area contributed by atoms with Crippen LogP contribution in [0.5, 0.6) is 0 Å². The van der Waals surface area contributed by atoms with Crippen LogP contribution in [-0.2, 0) is 9.53 Å². The summed E-state index contributed by atoms with van der Waals surface area (Å²) in [5.74, 6) is 0.522. The van der Waals surface area contributed by atoms with Crippen LogP contribution in [0.1, 0.15) is 61.5 Å². The van der Waals surface area contributed by atoms with Crippen molar-refractivity contribution in [2.24, 2.45) is 5.92 Å². The predicted octanol–water partition coefficient (Wildman–Crippen LogP) is 1.49. The molecular formula is C19H29N5O3. The summed E-state index contributed by atoms with van der Waals surface area (Å²) in [6.45, 7) is 3.03. The fraction of sp³-hybridized carbons (Fsp3) is 0.789. The monoisotopic (exact) mass is 375 g/mol. The molecule has 1 aromatic heterocycles. The van der Waals surface area contributed by atoms with Crippen molar-refractivity contribution >= 4 is 11.9 Å². The number of likely N-dealkylation sites (tertiary alicyclic amines) is 2. The molecule has 3 atom stereocenters. The molecule has 3 fully saturated rings. The van der Waals surface area contributed by atoms with Gasteiger partial charge < -0.3 is 9.64 Å². The zero-order valence-electron chi connectivity index (χ0n) is 16.0. The lowest BCUT2D eigenvalue weighted by Gasteiger charge is -2.44. The Hall–Kier alpha value is -1.96.